The molecule has 0 N–H and O–H groups in total. The van der Waals surface area contributed by atoms with Crippen LogP contribution in [-0.4, -0.2) is 49.4 Å². The van der Waals surface area contributed by atoms with Gasteiger partial charge in [0.1, 0.15) is 23.4 Å². The van der Waals surface area contributed by atoms with E-state index in [2.05, 4.69) is 21.0 Å². The van der Waals surface area contributed by atoms with Gasteiger partial charge in [0.25, 0.3) is 0 Å². The number of ether oxygens (including phenoxy) is 1. The fourth-order valence-electron chi connectivity index (χ4n) is 4.54. The van der Waals surface area contributed by atoms with Gasteiger partial charge in [-0.15, -0.1) is 0 Å². The van der Waals surface area contributed by atoms with Gasteiger partial charge in [-0.05, 0) is 67.9 Å². The summed E-state index contributed by atoms with van der Waals surface area (Å²) in [5.41, 5.74) is 3.13. The Kier molecular flexibility index (Phi) is 7.05. The van der Waals surface area contributed by atoms with Crippen LogP contribution in [0.25, 0.3) is 0 Å². The van der Waals surface area contributed by atoms with Crippen molar-refractivity contribution in [3.05, 3.63) is 90.2 Å². The second-order valence-electron chi connectivity index (χ2n) is 8.86. The van der Waals surface area contributed by atoms with Crippen LogP contribution in [0.4, 0.5) is 10.1 Å². The van der Waals surface area contributed by atoms with E-state index in [1.165, 1.54) is 12.1 Å². The number of hydrogen-bond donors (Lipinski definition) is 0. The molecular weight excluding hydrogens is 429 g/mol. The molecule has 6 heteroatoms. The molecule has 0 spiro atoms. The Morgan fingerprint density at radius 3 is 2.44 bits per heavy atom. The van der Waals surface area contributed by atoms with Crippen LogP contribution < -0.4 is 9.64 Å². The van der Waals surface area contributed by atoms with Crippen molar-refractivity contribution in [2.75, 3.05) is 37.6 Å². The van der Waals surface area contributed by atoms with E-state index in [1.54, 1.807) is 0 Å². The first-order valence-electron chi connectivity index (χ1n) is 12.0. The number of oxime groups is 1. The average Bonchev–Trinajstić information content (AvgIpc) is 3.35. The molecule has 0 radical (unpaired) electrons. The van der Waals surface area contributed by atoms with Crippen LogP contribution in [0.15, 0.2) is 84.0 Å². The topological polar surface area (TPSA) is 37.3 Å². The van der Waals surface area contributed by atoms with Gasteiger partial charge in [0, 0.05) is 43.9 Å². The number of rotatable bonds is 8. The van der Waals surface area contributed by atoms with Gasteiger partial charge in [0.05, 0.1) is 5.71 Å². The van der Waals surface area contributed by atoms with Gasteiger partial charge < -0.3 is 14.5 Å². The SMILES string of the molecule is Fc1ccc(N2CCN(CCCC3CC(c4cccc(Oc5ccccc5)c4)=NO3)CC2)cc1. The van der Waals surface area contributed by atoms with Crippen molar-refractivity contribution in [3.8, 4) is 11.5 Å². The highest BCUT2D eigenvalue weighted by Crippen LogP contribution is 2.26. The van der Waals surface area contributed by atoms with Gasteiger partial charge >= 0.3 is 0 Å². The molecule has 2 aliphatic rings. The first-order valence-corrected chi connectivity index (χ1v) is 12.0. The number of benzene rings is 3. The molecule has 3 aromatic rings. The third kappa shape index (κ3) is 5.75. The maximum atomic E-state index is 13.2. The molecule has 34 heavy (non-hydrogen) atoms. The third-order valence-electron chi connectivity index (χ3n) is 6.44. The molecular formula is C28H30FN3O2. The molecule has 0 saturated carbocycles. The van der Waals surface area contributed by atoms with E-state index in [-0.39, 0.29) is 11.9 Å². The summed E-state index contributed by atoms with van der Waals surface area (Å²) in [5, 5.41) is 4.36. The molecule has 2 aliphatic heterocycles. The minimum absolute atomic E-state index is 0.134. The summed E-state index contributed by atoms with van der Waals surface area (Å²) < 4.78 is 19.1. The highest BCUT2D eigenvalue weighted by Gasteiger charge is 2.23. The molecule has 5 nitrogen and oxygen atoms in total. The van der Waals surface area contributed by atoms with Crippen molar-refractivity contribution < 1.29 is 14.0 Å². The minimum atomic E-state index is -0.183. The molecule has 176 valence electrons. The molecule has 1 unspecified atom stereocenters. The normalized spacial score (nSPS) is 18.4. The fourth-order valence-corrected chi connectivity index (χ4v) is 4.54. The monoisotopic (exact) mass is 459 g/mol. The van der Waals surface area contributed by atoms with Crippen LogP contribution in [0.1, 0.15) is 24.8 Å². The molecule has 5 rings (SSSR count). The van der Waals surface area contributed by atoms with Crippen LogP contribution in [0.5, 0.6) is 11.5 Å². The van der Waals surface area contributed by atoms with Crippen molar-refractivity contribution in [2.45, 2.75) is 25.4 Å². The lowest BCUT2D eigenvalue weighted by molar-refractivity contribution is 0.0745. The minimum Gasteiger partial charge on any atom is -0.457 e. The fraction of sp³-hybridized carbons (Fsp3) is 0.321. The Labute approximate surface area is 200 Å². The second kappa shape index (κ2) is 10.7. The number of anilines is 1. The summed E-state index contributed by atoms with van der Waals surface area (Å²) in [7, 11) is 0. The quantitative estimate of drug-likeness (QED) is 0.432. The lowest BCUT2D eigenvalue weighted by atomic mass is 10.0. The molecule has 0 aliphatic carbocycles. The maximum absolute atomic E-state index is 13.2. The van der Waals surface area contributed by atoms with Crippen LogP contribution in [-0.2, 0) is 4.84 Å². The molecule has 3 aromatic carbocycles. The number of hydrogen-bond acceptors (Lipinski definition) is 5. The van der Waals surface area contributed by atoms with Gasteiger partial charge in [-0.25, -0.2) is 4.39 Å². The predicted molar refractivity (Wildman–Crippen MR) is 133 cm³/mol. The number of para-hydroxylation sites is 1. The lowest BCUT2D eigenvalue weighted by Gasteiger charge is -2.36. The number of piperazine rings is 1. The van der Waals surface area contributed by atoms with E-state index >= 15 is 0 Å². The Morgan fingerprint density at radius 1 is 0.882 bits per heavy atom. The first kappa shape index (κ1) is 22.4. The molecule has 0 bridgehead atoms. The van der Waals surface area contributed by atoms with E-state index in [0.717, 1.165) is 80.4 Å². The largest absolute Gasteiger partial charge is 0.457 e. The van der Waals surface area contributed by atoms with Crippen LogP contribution in [0, 0.1) is 5.82 Å². The second-order valence-corrected chi connectivity index (χ2v) is 8.86. The van der Waals surface area contributed by atoms with Gasteiger partial charge in [-0.1, -0.05) is 35.5 Å². The molecule has 0 aromatic heterocycles. The van der Waals surface area contributed by atoms with E-state index in [1.807, 2.05) is 60.7 Å². The van der Waals surface area contributed by atoms with Crippen molar-refractivity contribution >= 4 is 11.4 Å². The molecule has 1 saturated heterocycles. The Balaban J connectivity index is 1.04. The standard InChI is InChI=1S/C28H30FN3O2/c29-23-11-13-24(14-12-23)32-18-16-31(17-19-32)15-5-10-27-21-28(30-34-27)22-6-4-9-26(20-22)33-25-7-2-1-3-8-25/h1-4,6-9,11-14,20,27H,5,10,15-19,21H2. The van der Waals surface area contributed by atoms with Gasteiger partial charge in [0.2, 0.25) is 0 Å². The molecule has 2 heterocycles. The van der Waals surface area contributed by atoms with Crippen LogP contribution >= 0.6 is 0 Å². The summed E-state index contributed by atoms with van der Waals surface area (Å²) in [6, 6.07) is 24.6. The van der Waals surface area contributed by atoms with E-state index in [4.69, 9.17) is 9.57 Å². The van der Waals surface area contributed by atoms with E-state index in [0.29, 0.717) is 0 Å². The van der Waals surface area contributed by atoms with E-state index in [9.17, 15) is 4.39 Å². The highest BCUT2D eigenvalue weighted by molar-refractivity contribution is 6.01. The number of nitrogens with zero attached hydrogens (tertiary/aromatic N) is 3. The van der Waals surface area contributed by atoms with Crippen molar-refractivity contribution in [2.24, 2.45) is 5.16 Å². The van der Waals surface area contributed by atoms with E-state index < -0.39 is 0 Å². The van der Waals surface area contributed by atoms with Gasteiger partial charge in [0.15, 0.2) is 0 Å². The van der Waals surface area contributed by atoms with Crippen LogP contribution in [0.2, 0.25) is 0 Å². The molecule has 0 amide bonds. The molecule has 1 atom stereocenters. The number of halogens is 1. The highest BCUT2D eigenvalue weighted by atomic mass is 19.1. The zero-order chi connectivity index (χ0) is 23.2. The summed E-state index contributed by atoms with van der Waals surface area (Å²) in [6.45, 7) is 5.06. The summed E-state index contributed by atoms with van der Waals surface area (Å²) in [4.78, 5) is 10.6. The lowest BCUT2D eigenvalue weighted by Crippen LogP contribution is -2.46. The zero-order valence-corrected chi connectivity index (χ0v) is 19.3. The first-order chi connectivity index (χ1) is 16.7. The third-order valence-corrected chi connectivity index (χ3v) is 6.44. The maximum Gasteiger partial charge on any atom is 0.133 e. The zero-order valence-electron chi connectivity index (χ0n) is 19.3. The summed E-state index contributed by atoms with van der Waals surface area (Å²) in [6.07, 6.45) is 3.04. The van der Waals surface area contributed by atoms with Crippen molar-refractivity contribution in [1.29, 1.82) is 0 Å². The van der Waals surface area contributed by atoms with Crippen LogP contribution in [0.3, 0.4) is 0 Å². The smallest absolute Gasteiger partial charge is 0.133 e. The summed E-state index contributed by atoms with van der Waals surface area (Å²) >= 11 is 0. The predicted octanol–water partition coefficient (Wildman–Crippen LogP) is 5.71. The summed E-state index contributed by atoms with van der Waals surface area (Å²) in [5.74, 6) is 1.44. The Hall–Kier alpha value is -3.38. The average molecular weight is 460 g/mol. The Bertz CT molecular complexity index is 1100. The molecule has 1 fully saturated rings. The van der Waals surface area contributed by atoms with Gasteiger partial charge in [-0.3, -0.25) is 4.90 Å². The van der Waals surface area contributed by atoms with Crippen molar-refractivity contribution in [3.63, 3.8) is 0 Å². The van der Waals surface area contributed by atoms with Gasteiger partial charge in [-0.2, -0.15) is 0 Å². The van der Waals surface area contributed by atoms with Crippen molar-refractivity contribution in [1.82, 2.24) is 4.90 Å². The Morgan fingerprint density at radius 2 is 1.65 bits per heavy atom.